The Kier molecular flexibility index (Phi) is 3.95. The van der Waals surface area contributed by atoms with E-state index in [9.17, 15) is 0 Å². The number of hydrogen-bond acceptors (Lipinski definition) is 3. The minimum Gasteiger partial charge on any atom is -0.310 e. The Hall–Kier alpha value is -1.19. The van der Waals surface area contributed by atoms with E-state index >= 15 is 0 Å². The molecule has 2 aromatic rings. The van der Waals surface area contributed by atoms with E-state index in [2.05, 4.69) is 36.5 Å². The van der Waals surface area contributed by atoms with Gasteiger partial charge in [-0.25, -0.2) is 4.98 Å². The Morgan fingerprint density at radius 3 is 3.05 bits per heavy atom. The van der Waals surface area contributed by atoms with E-state index in [4.69, 9.17) is 4.98 Å². The van der Waals surface area contributed by atoms with Crippen LogP contribution < -0.4 is 5.32 Å². The molecular weight excluding hydrogens is 252 g/mol. The van der Waals surface area contributed by atoms with Gasteiger partial charge in [0.2, 0.25) is 0 Å². The van der Waals surface area contributed by atoms with Gasteiger partial charge in [0.05, 0.1) is 5.69 Å². The lowest BCUT2D eigenvalue weighted by Gasteiger charge is -2.04. The number of benzene rings is 1. The first-order valence-corrected chi connectivity index (χ1v) is 7.97. The number of aromatic nitrogens is 1. The summed E-state index contributed by atoms with van der Waals surface area (Å²) < 4.78 is 0. The number of nitrogens with one attached hydrogen (secondary N) is 1. The van der Waals surface area contributed by atoms with Crippen molar-refractivity contribution in [1.29, 1.82) is 0 Å². The Labute approximate surface area is 118 Å². The van der Waals surface area contributed by atoms with Gasteiger partial charge in [0.15, 0.2) is 0 Å². The van der Waals surface area contributed by atoms with Crippen LogP contribution in [-0.4, -0.2) is 11.5 Å². The van der Waals surface area contributed by atoms with Crippen LogP contribution in [0.3, 0.4) is 0 Å². The molecule has 1 aromatic carbocycles. The molecule has 3 rings (SSSR count). The molecule has 0 bridgehead atoms. The molecule has 2 nitrogen and oxygen atoms in total. The van der Waals surface area contributed by atoms with Crippen molar-refractivity contribution in [2.45, 2.75) is 39.2 Å². The summed E-state index contributed by atoms with van der Waals surface area (Å²) in [5, 5.41) is 4.68. The summed E-state index contributed by atoms with van der Waals surface area (Å²) >= 11 is 1.89. The molecule has 0 atom stereocenters. The Morgan fingerprint density at radius 1 is 1.26 bits per heavy atom. The lowest BCUT2D eigenvalue weighted by molar-refractivity contribution is 0.673. The molecule has 0 fully saturated rings. The summed E-state index contributed by atoms with van der Waals surface area (Å²) in [6, 6.07) is 8.74. The van der Waals surface area contributed by atoms with Crippen LogP contribution in [0.2, 0.25) is 0 Å². The molecule has 0 unspecified atom stereocenters. The van der Waals surface area contributed by atoms with Gasteiger partial charge in [-0.1, -0.05) is 31.2 Å². The van der Waals surface area contributed by atoms with Gasteiger partial charge in [0.1, 0.15) is 5.01 Å². The molecule has 1 N–H and O–H groups in total. The summed E-state index contributed by atoms with van der Waals surface area (Å²) in [5.41, 5.74) is 4.05. The predicted molar refractivity (Wildman–Crippen MR) is 81.6 cm³/mol. The molecule has 0 aliphatic heterocycles. The summed E-state index contributed by atoms with van der Waals surface area (Å²) in [7, 11) is 0. The molecule has 1 aliphatic carbocycles. The quantitative estimate of drug-likeness (QED) is 0.856. The number of rotatable bonds is 4. The van der Waals surface area contributed by atoms with Gasteiger partial charge in [0, 0.05) is 17.0 Å². The minimum absolute atomic E-state index is 0.910. The first-order chi connectivity index (χ1) is 9.38. The van der Waals surface area contributed by atoms with Crippen LogP contribution in [0.5, 0.6) is 0 Å². The first-order valence-electron chi connectivity index (χ1n) is 7.16. The van der Waals surface area contributed by atoms with E-state index < -0.39 is 0 Å². The van der Waals surface area contributed by atoms with Crippen molar-refractivity contribution in [1.82, 2.24) is 10.3 Å². The van der Waals surface area contributed by atoms with Gasteiger partial charge in [-0.15, -0.1) is 11.3 Å². The first kappa shape index (κ1) is 12.8. The van der Waals surface area contributed by atoms with Crippen molar-refractivity contribution in [3.05, 3.63) is 39.7 Å². The largest absolute Gasteiger partial charge is 0.310 e. The summed E-state index contributed by atoms with van der Waals surface area (Å²) in [4.78, 5) is 6.35. The average molecular weight is 272 g/mol. The number of fused-ring (bicyclic) bond motifs is 3. The summed E-state index contributed by atoms with van der Waals surface area (Å²) in [6.07, 6.45) is 4.78. The highest BCUT2D eigenvalue weighted by Gasteiger charge is 2.18. The molecule has 0 saturated carbocycles. The Morgan fingerprint density at radius 2 is 2.16 bits per heavy atom. The fourth-order valence-electron chi connectivity index (χ4n) is 2.64. The van der Waals surface area contributed by atoms with E-state index in [1.54, 1.807) is 0 Å². The van der Waals surface area contributed by atoms with Crippen molar-refractivity contribution in [3.8, 4) is 11.3 Å². The maximum atomic E-state index is 4.88. The molecule has 0 amide bonds. The van der Waals surface area contributed by atoms with E-state index in [1.165, 1.54) is 52.4 Å². The maximum absolute atomic E-state index is 4.88. The number of thiazole rings is 1. The highest BCUT2D eigenvalue weighted by atomic mass is 32.1. The molecule has 1 aromatic heterocycles. The van der Waals surface area contributed by atoms with Gasteiger partial charge in [-0.05, 0) is 37.8 Å². The standard InChI is InChI=1S/C16H20N2S/c1-2-10-17-11-15-18-16-13-8-4-3-6-12(13)7-5-9-14(16)19-15/h3-4,6,8,17H,2,5,7,9-11H2,1H3. The van der Waals surface area contributed by atoms with Crippen LogP contribution in [-0.2, 0) is 19.4 Å². The van der Waals surface area contributed by atoms with Gasteiger partial charge >= 0.3 is 0 Å². The van der Waals surface area contributed by atoms with Crippen molar-refractivity contribution >= 4 is 11.3 Å². The topological polar surface area (TPSA) is 24.9 Å². The second-order valence-corrected chi connectivity index (χ2v) is 6.24. The molecule has 100 valence electrons. The fraction of sp³-hybridized carbons (Fsp3) is 0.438. The van der Waals surface area contributed by atoms with Crippen LogP contribution in [0.1, 0.15) is 35.2 Å². The van der Waals surface area contributed by atoms with E-state index in [-0.39, 0.29) is 0 Å². The van der Waals surface area contributed by atoms with Crippen molar-refractivity contribution in [2.75, 3.05) is 6.54 Å². The van der Waals surface area contributed by atoms with Crippen LogP contribution in [0, 0.1) is 0 Å². The van der Waals surface area contributed by atoms with Crippen LogP contribution in [0.4, 0.5) is 0 Å². The zero-order valence-corrected chi connectivity index (χ0v) is 12.2. The number of hydrogen-bond donors (Lipinski definition) is 1. The molecule has 0 saturated heterocycles. The average Bonchev–Trinajstić information content (AvgIpc) is 2.75. The monoisotopic (exact) mass is 272 g/mol. The minimum atomic E-state index is 0.910. The van der Waals surface area contributed by atoms with Crippen molar-refractivity contribution < 1.29 is 0 Å². The maximum Gasteiger partial charge on any atom is 0.107 e. The third kappa shape index (κ3) is 2.72. The lowest BCUT2D eigenvalue weighted by atomic mass is 10.0. The molecule has 1 aliphatic rings. The van der Waals surface area contributed by atoms with Crippen LogP contribution >= 0.6 is 11.3 Å². The Balaban J connectivity index is 1.90. The van der Waals surface area contributed by atoms with Gasteiger partial charge < -0.3 is 5.32 Å². The third-order valence-corrected chi connectivity index (χ3v) is 4.68. The summed E-state index contributed by atoms with van der Waals surface area (Å²) in [6.45, 7) is 4.18. The fourth-order valence-corrected chi connectivity index (χ4v) is 3.73. The number of aryl methyl sites for hydroxylation is 2. The highest BCUT2D eigenvalue weighted by Crippen LogP contribution is 2.35. The van der Waals surface area contributed by atoms with Crippen molar-refractivity contribution in [3.63, 3.8) is 0 Å². The van der Waals surface area contributed by atoms with E-state index in [1.807, 2.05) is 11.3 Å². The smallest absolute Gasteiger partial charge is 0.107 e. The lowest BCUT2D eigenvalue weighted by Crippen LogP contribution is -2.13. The van der Waals surface area contributed by atoms with E-state index in [0.717, 1.165) is 13.1 Å². The van der Waals surface area contributed by atoms with Gasteiger partial charge in [0.25, 0.3) is 0 Å². The normalized spacial score (nSPS) is 13.7. The molecule has 3 heteroatoms. The van der Waals surface area contributed by atoms with Crippen LogP contribution in [0.25, 0.3) is 11.3 Å². The SMILES string of the molecule is CCCNCc1nc2c(s1)CCCc1ccccc1-2. The van der Waals surface area contributed by atoms with E-state index in [0.29, 0.717) is 0 Å². The summed E-state index contributed by atoms with van der Waals surface area (Å²) in [5.74, 6) is 0. The van der Waals surface area contributed by atoms with Gasteiger partial charge in [-0.2, -0.15) is 0 Å². The second-order valence-electron chi connectivity index (χ2n) is 5.07. The zero-order chi connectivity index (χ0) is 13.1. The Bertz CT molecular complexity index is 560. The highest BCUT2D eigenvalue weighted by molar-refractivity contribution is 7.12. The van der Waals surface area contributed by atoms with Crippen LogP contribution in [0.15, 0.2) is 24.3 Å². The zero-order valence-electron chi connectivity index (χ0n) is 11.4. The molecule has 19 heavy (non-hydrogen) atoms. The molecule has 0 spiro atoms. The molecular formula is C16H20N2S. The second kappa shape index (κ2) is 5.85. The molecule has 1 heterocycles. The van der Waals surface area contributed by atoms with Crippen molar-refractivity contribution in [2.24, 2.45) is 0 Å². The predicted octanol–water partition coefficient (Wildman–Crippen LogP) is 3.80. The third-order valence-electron chi connectivity index (χ3n) is 3.57. The number of nitrogens with zero attached hydrogens (tertiary/aromatic N) is 1. The molecule has 0 radical (unpaired) electrons. The van der Waals surface area contributed by atoms with Gasteiger partial charge in [-0.3, -0.25) is 0 Å².